The summed E-state index contributed by atoms with van der Waals surface area (Å²) in [5.41, 5.74) is -0.640. The van der Waals surface area contributed by atoms with Crippen LogP contribution in [-0.2, 0) is 4.79 Å². The molecular weight excluding hydrogens is 214 g/mol. The van der Waals surface area contributed by atoms with Crippen LogP contribution in [0.25, 0.3) is 0 Å². The van der Waals surface area contributed by atoms with Gasteiger partial charge in [0.05, 0.1) is 0 Å². The van der Waals surface area contributed by atoms with Gasteiger partial charge in [0.1, 0.15) is 5.60 Å². The summed E-state index contributed by atoms with van der Waals surface area (Å²) in [6.45, 7) is 4.57. The molecule has 2 fully saturated rings. The van der Waals surface area contributed by atoms with Crippen molar-refractivity contribution in [1.29, 1.82) is 0 Å². The van der Waals surface area contributed by atoms with Crippen molar-refractivity contribution in [2.24, 2.45) is 5.41 Å². The third-order valence-electron chi connectivity index (χ3n) is 4.53. The average molecular weight is 239 g/mol. The standard InChI is InChI=1S/C14H25NO2/c1-13(2)9-5-11(6-10-13)15-12(16)14(17)7-3-4-8-14/h11,17H,3-10H2,1-2H3,(H,15,16). The Kier molecular flexibility index (Phi) is 3.48. The van der Waals surface area contributed by atoms with Gasteiger partial charge in [-0.1, -0.05) is 13.8 Å². The first kappa shape index (κ1) is 12.9. The second kappa shape index (κ2) is 4.60. The quantitative estimate of drug-likeness (QED) is 0.777. The maximum Gasteiger partial charge on any atom is 0.252 e. The van der Waals surface area contributed by atoms with E-state index in [-0.39, 0.29) is 11.9 Å². The molecule has 0 aromatic carbocycles. The van der Waals surface area contributed by atoms with E-state index in [9.17, 15) is 9.90 Å². The Labute approximate surface area is 104 Å². The molecule has 1 amide bonds. The van der Waals surface area contributed by atoms with Crippen molar-refractivity contribution in [2.45, 2.75) is 76.9 Å². The molecule has 0 bridgehead atoms. The molecule has 0 aromatic heterocycles. The fraction of sp³-hybridized carbons (Fsp3) is 0.929. The third kappa shape index (κ3) is 3.01. The minimum Gasteiger partial charge on any atom is -0.380 e. The van der Waals surface area contributed by atoms with E-state index in [1.54, 1.807) is 0 Å². The fourth-order valence-corrected chi connectivity index (χ4v) is 3.05. The van der Waals surface area contributed by atoms with Crippen LogP contribution in [0.2, 0.25) is 0 Å². The molecule has 0 aliphatic heterocycles. The van der Waals surface area contributed by atoms with Gasteiger partial charge in [0, 0.05) is 6.04 Å². The van der Waals surface area contributed by atoms with Crippen LogP contribution in [0, 0.1) is 5.41 Å². The van der Waals surface area contributed by atoms with Gasteiger partial charge in [0.2, 0.25) is 0 Å². The van der Waals surface area contributed by atoms with Gasteiger partial charge in [0.25, 0.3) is 5.91 Å². The Bertz CT molecular complexity index is 283. The van der Waals surface area contributed by atoms with Crippen LogP contribution >= 0.6 is 0 Å². The van der Waals surface area contributed by atoms with Crippen LogP contribution in [0.15, 0.2) is 0 Å². The molecule has 0 radical (unpaired) electrons. The first-order valence-electron chi connectivity index (χ1n) is 6.95. The van der Waals surface area contributed by atoms with Crippen molar-refractivity contribution in [1.82, 2.24) is 5.32 Å². The van der Waals surface area contributed by atoms with Crippen molar-refractivity contribution in [3.63, 3.8) is 0 Å². The van der Waals surface area contributed by atoms with Crippen molar-refractivity contribution in [3.8, 4) is 0 Å². The van der Waals surface area contributed by atoms with Gasteiger partial charge in [-0.25, -0.2) is 0 Å². The molecule has 0 unspecified atom stereocenters. The summed E-state index contributed by atoms with van der Waals surface area (Å²) in [6, 6.07) is 0.278. The van der Waals surface area contributed by atoms with E-state index >= 15 is 0 Å². The Balaban J connectivity index is 1.84. The normalized spacial score (nSPS) is 27.9. The first-order chi connectivity index (χ1) is 7.91. The van der Waals surface area contributed by atoms with E-state index in [2.05, 4.69) is 19.2 Å². The highest BCUT2D eigenvalue weighted by Crippen LogP contribution is 2.36. The summed E-state index contributed by atoms with van der Waals surface area (Å²) in [5, 5.41) is 13.2. The van der Waals surface area contributed by atoms with E-state index in [1.165, 1.54) is 0 Å². The minimum atomic E-state index is -1.06. The lowest BCUT2D eigenvalue weighted by molar-refractivity contribution is -0.140. The first-order valence-corrected chi connectivity index (χ1v) is 6.95. The average Bonchev–Trinajstić information content (AvgIpc) is 2.70. The van der Waals surface area contributed by atoms with Gasteiger partial charge in [-0.3, -0.25) is 4.79 Å². The molecule has 17 heavy (non-hydrogen) atoms. The summed E-state index contributed by atoms with van der Waals surface area (Å²) in [7, 11) is 0. The molecule has 2 N–H and O–H groups in total. The molecule has 98 valence electrons. The van der Waals surface area contributed by atoms with Crippen LogP contribution in [0.5, 0.6) is 0 Å². The topological polar surface area (TPSA) is 49.3 Å². The molecule has 0 spiro atoms. The molecular formula is C14H25NO2. The van der Waals surface area contributed by atoms with Crippen molar-refractivity contribution in [2.75, 3.05) is 0 Å². The fourth-order valence-electron chi connectivity index (χ4n) is 3.05. The Morgan fingerprint density at radius 3 is 2.18 bits per heavy atom. The molecule has 0 atom stereocenters. The Hall–Kier alpha value is -0.570. The van der Waals surface area contributed by atoms with Gasteiger partial charge >= 0.3 is 0 Å². The summed E-state index contributed by atoms with van der Waals surface area (Å²) < 4.78 is 0. The van der Waals surface area contributed by atoms with Gasteiger partial charge < -0.3 is 10.4 Å². The molecule has 0 saturated heterocycles. The molecule has 2 saturated carbocycles. The highest BCUT2D eigenvalue weighted by molar-refractivity contribution is 5.85. The van der Waals surface area contributed by atoms with Crippen LogP contribution < -0.4 is 5.32 Å². The Morgan fingerprint density at radius 1 is 1.12 bits per heavy atom. The third-order valence-corrected chi connectivity index (χ3v) is 4.53. The van der Waals surface area contributed by atoms with Crippen LogP contribution in [0.3, 0.4) is 0 Å². The molecule has 2 aliphatic rings. The van der Waals surface area contributed by atoms with E-state index in [0.29, 0.717) is 18.3 Å². The molecule has 2 rings (SSSR count). The van der Waals surface area contributed by atoms with E-state index in [1.807, 2.05) is 0 Å². The Morgan fingerprint density at radius 2 is 1.65 bits per heavy atom. The van der Waals surface area contributed by atoms with Gasteiger partial charge in [-0.05, 0) is 56.8 Å². The molecule has 2 aliphatic carbocycles. The van der Waals surface area contributed by atoms with Crippen molar-refractivity contribution < 1.29 is 9.90 Å². The minimum absolute atomic E-state index is 0.125. The summed E-state index contributed by atoms with van der Waals surface area (Å²) in [6.07, 6.45) is 7.65. The lowest BCUT2D eigenvalue weighted by atomic mass is 9.75. The van der Waals surface area contributed by atoms with Crippen LogP contribution in [-0.4, -0.2) is 22.7 Å². The van der Waals surface area contributed by atoms with Crippen LogP contribution in [0.4, 0.5) is 0 Å². The smallest absolute Gasteiger partial charge is 0.252 e. The second-order valence-electron chi connectivity index (χ2n) is 6.65. The summed E-state index contributed by atoms with van der Waals surface area (Å²) in [4.78, 5) is 12.0. The van der Waals surface area contributed by atoms with E-state index in [4.69, 9.17) is 0 Å². The zero-order chi connectivity index (χ0) is 12.5. The van der Waals surface area contributed by atoms with Crippen molar-refractivity contribution >= 4 is 5.91 Å². The molecule has 0 heterocycles. The van der Waals surface area contributed by atoms with Crippen LogP contribution in [0.1, 0.15) is 65.2 Å². The number of nitrogens with one attached hydrogen (secondary N) is 1. The summed E-state index contributed by atoms with van der Waals surface area (Å²) in [5.74, 6) is -0.125. The van der Waals surface area contributed by atoms with Gasteiger partial charge in [-0.15, -0.1) is 0 Å². The second-order valence-corrected chi connectivity index (χ2v) is 6.65. The monoisotopic (exact) mass is 239 g/mol. The molecule has 0 aromatic rings. The predicted octanol–water partition coefficient (Wildman–Crippen LogP) is 2.38. The zero-order valence-corrected chi connectivity index (χ0v) is 11.1. The molecule has 3 nitrogen and oxygen atoms in total. The highest BCUT2D eigenvalue weighted by Gasteiger charge is 2.40. The number of hydrogen-bond donors (Lipinski definition) is 2. The van der Waals surface area contributed by atoms with Crippen molar-refractivity contribution in [3.05, 3.63) is 0 Å². The largest absolute Gasteiger partial charge is 0.380 e. The van der Waals surface area contributed by atoms with E-state index < -0.39 is 5.60 Å². The predicted molar refractivity (Wildman–Crippen MR) is 67.6 cm³/mol. The number of hydrogen-bond acceptors (Lipinski definition) is 2. The number of rotatable bonds is 2. The maximum atomic E-state index is 12.0. The summed E-state index contributed by atoms with van der Waals surface area (Å²) >= 11 is 0. The zero-order valence-electron chi connectivity index (χ0n) is 11.1. The van der Waals surface area contributed by atoms with Gasteiger partial charge in [-0.2, -0.15) is 0 Å². The lowest BCUT2D eigenvalue weighted by Crippen LogP contribution is -2.50. The number of carbonyl (C=O) groups excluding carboxylic acids is 1. The number of aliphatic hydroxyl groups is 1. The molecule has 3 heteroatoms. The maximum absolute atomic E-state index is 12.0. The van der Waals surface area contributed by atoms with Gasteiger partial charge in [0.15, 0.2) is 0 Å². The lowest BCUT2D eigenvalue weighted by Gasteiger charge is -2.35. The highest BCUT2D eigenvalue weighted by atomic mass is 16.3. The van der Waals surface area contributed by atoms with E-state index in [0.717, 1.165) is 38.5 Å². The SMILES string of the molecule is CC1(C)CCC(NC(=O)C2(O)CCCC2)CC1. The number of carbonyl (C=O) groups is 1. The number of amides is 1.